The van der Waals surface area contributed by atoms with Crippen LogP contribution < -0.4 is 16.4 Å². The summed E-state index contributed by atoms with van der Waals surface area (Å²) in [6.07, 6.45) is -1.59. The summed E-state index contributed by atoms with van der Waals surface area (Å²) in [5, 5.41) is 32.4. The highest BCUT2D eigenvalue weighted by molar-refractivity contribution is 5.89. The van der Waals surface area contributed by atoms with Crippen molar-refractivity contribution in [2.45, 2.75) is 37.1 Å². The number of rotatable bonds is 6. The van der Waals surface area contributed by atoms with Crippen LogP contribution in [-0.2, 0) is 9.59 Å². The summed E-state index contributed by atoms with van der Waals surface area (Å²) in [6.45, 7) is -0.196. The first-order chi connectivity index (χ1) is 8.43. The zero-order valence-electron chi connectivity index (χ0n) is 9.87. The molecule has 1 heterocycles. The number of aliphatic hydroxyl groups is 3. The molecule has 0 bridgehead atoms. The van der Waals surface area contributed by atoms with Crippen LogP contribution in [0.3, 0.4) is 0 Å². The number of nitrogens with two attached hydrogens (primary N) is 1. The van der Waals surface area contributed by atoms with Crippen molar-refractivity contribution in [3.8, 4) is 0 Å². The van der Waals surface area contributed by atoms with Crippen molar-refractivity contribution in [3.05, 3.63) is 0 Å². The average molecular weight is 261 g/mol. The van der Waals surface area contributed by atoms with Crippen LogP contribution in [0.15, 0.2) is 0 Å². The highest BCUT2D eigenvalue weighted by atomic mass is 16.3. The standard InChI is InChI=1S/C10H19N3O5/c11-9(17)7(2-6(16)4-14)13-10(18)8-1-5(15)3-12-8/h5-8,12,14-16H,1-4H2,(H2,11,17)(H,13,18)/t5-,6?,7?,8?/m1/s1. The van der Waals surface area contributed by atoms with Crippen LogP contribution >= 0.6 is 0 Å². The van der Waals surface area contributed by atoms with E-state index in [9.17, 15) is 19.8 Å². The molecule has 0 aromatic rings. The van der Waals surface area contributed by atoms with Crippen LogP contribution in [0.5, 0.6) is 0 Å². The van der Waals surface area contributed by atoms with Crippen LogP contribution in [0.25, 0.3) is 0 Å². The average Bonchev–Trinajstić information content (AvgIpc) is 2.74. The molecule has 0 aliphatic carbocycles. The first-order valence-electron chi connectivity index (χ1n) is 5.74. The highest BCUT2D eigenvalue weighted by Gasteiger charge is 2.30. The molecule has 4 atom stereocenters. The van der Waals surface area contributed by atoms with Gasteiger partial charge in [0.25, 0.3) is 0 Å². The molecule has 104 valence electrons. The van der Waals surface area contributed by atoms with Crippen molar-refractivity contribution in [2.75, 3.05) is 13.2 Å². The molecule has 0 aromatic carbocycles. The van der Waals surface area contributed by atoms with Gasteiger partial charge in [0.15, 0.2) is 0 Å². The topological polar surface area (TPSA) is 145 Å². The smallest absolute Gasteiger partial charge is 0.240 e. The summed E-state index contributed by atoms with van der Waals surface area (Å²) in [4.78, 5) is 22.8. The zero-order valence-corrected chi connectivity index (χ0v) is 9.87. The van der Waals surface area contributed by atoms with Gasteiger partial charge in [-0.1, -0.05) is 0 Å². The Morgan fingerprint density at radius 2 is 2.17 bits per heavy atom. The molecule has 1 saturated heterocycles. The Morgan fingerprint density at radius 3 is 2.61 bits per heavy atom. The first-order valence-corrected chi connectivity index (χ1v) is 5.74. The Kier molecular flexibility index (Phi) is 5.48. The Morgan fingerprint density at radius 1 is 1.50 bits per heavy atom. The van der Waals surface area contributed by atoms with E-state index in [2.05, 4.69) is 10.6 Å². The van der Waals surface area contributed by atoms with Crippen LogP contribution in [0.4, 0.5) is 0 Å². The van der Waals surface area contributed by atoms with Crippen molar-refractivity contribution in [3.63, 3.8) is 0 Å². The normalized spacial score (nSPS) is 26.6. The fourth-order valence-electron chi connectivity index (χ4n) is 1.78. The Hall–Kier alpha value is -1.22. The molecule has 2 amide bonds. The predicted octanol–water partition coefficient (Wildman–Crippen LogP) is -3.58. The Bertz CT molecular complexity index is 312. The van der Waals surface area contributed by atoms with Gasteiger partial charge in [-0.15, -0.1) is 0 Å². The third-order valence-electron chi connectivity index (χ3n) is 2.80. The minimum absolute atomic E-state index is 0.146. The lowest BCUT2D eigenvalue weighted by atomic mass is 10.1. The van der Waals surface area contributed by atoms with E-state index in [0.717, 1.165) is 0 Å². The summed E-state index contributed by atoms with van der Waals surface area (Å²) in [5.41, 5.74) is 5.10. The van der Waals surface area contributed by atoms with Crippen LogP contribution in [0.2, 0.25) is 0 Å². The summed E-state index contributed by atoms with van der Waals surface area (Å²) >= 11 is 0. The van der Waals surface area contributed by atoms with E-state index in [0.29, 0.717) is 6.54 Å². The predicted molar refractivity (Wildman–Crippen MR) is 61.2 cm³/mol. The van der Waals surface area contributed by atoms with Crippen molar-refractivity contribution < 1.29 is 24.9 Å². The van der Waals surface area contributed by atoms with Crippen molar-refractivity contribution in [1.82, 2.24) is 10.6 Å². The molecule has 8 nitrogen and oxygen atoms in total. The minimum Gasteiger partial charge on any atom is -0.394 e. The molecule has 1 aliphatic rings. The number of nitrogens with one attached hydrogen (secondary N) is 2. The van der Waals surface area contributed by atoms with E-state index < -0.39 is 42.7 Å². The molecule has 0 spiro atoms. The van der Waals surface area contributed by atoms with E-state index >= 15 is 0 Å². The number of carbonyl (C=O) groups excluding carboxylic acids is 2. The first kappa shape index (κ1) is 14.8. The van der Waals surface area contributed by atoms with E-state index in [4.69, 9.17) is 10.8 Å². The maximum atomic E-state index is 11.7. The molecule has 0 radical (unpaired) electrons. The summed E-state index contributed by atoms with van der Waals surface area (Å²) < 4.78 is 0. The molecule has 1 aliphatic heterocycles. The van der Waals surface area contributed by atoms with Gasteiger partial charge in [0, 0.05) is 13.0 Å². The third-order valence-corrected chi connectivity index (χ3v) is 2.80. The van der Waals surface area contributed by atoms with Gasteiger partial charge in [-0.3, -0.25) is 9.59 Å². The van der Waals surface area contributed by atoms with Crippen LogP contribution in [0.1, 0.15) is 12.8 Å². The maximum Gasteiger partial charge on any atom is 0.240 e. The van der Waals surface area contributed by atoms with Gasteiger partial charge in [0.2, 0.25) is 11.8 Å². The molecular weight excluding hydrogens is 242 g/mol. The number of amides is 2. The largest absolute Gasteiger partial charge is 0.394 e. The fourth-order valence-corrected chi connectivity index (χ4v) is 1.78. The van der Waals surface area contributed by atoms with Gasteiger partial charge in [0.1, 0.15) is 6.04 Å². The molecule has 18 heavy (non-hydrogen) atoms. The molecular formula is C10H19N3O5. The van der Waals surface area contributed by atoms with Gasteiger partial charge < -0.3 is 31.7 Å². The van der Waals surface area contributed by atoms with Crippen molar-refractivity contribution >= 4 is 11.8 Å². The zero-order chi connectivity index (χ0) is 13.7. The number of carbonyl (C=O) groups is 2. The highest BCUT2D eigenvalue weighted by Crippen LogP contribution is 2.07. The SMILES string of the molecule is NC(=O)C(CC(O)CO)NC(=O)C1C[C@@H](O)CN1. The van der Waals surface area contributed by atoms with Gasteiger partial charge >= 0.3 is 0 Å². The van der Waals surface area contributed by atoms with Crippen molar-refractivity contribution in [2.24, 2.45) is 5.73 Å². The second-order valence-electron chi connectivity index (χ2n) is 4.39. The lowest BCUT2D eigenvalue weighted by Crippen LogP contribution is -2.51. The second-order valence-corrected chi connectivity index (χ2v) is 4.39. The van der Waals surface area contributed by atoms with E-state index in [1.165, 1.54) is 0 Å². The molecule has 7 N–H and O–H groups in total. The minimum atomic E-state index is -1.12. The third kappa shape index (κ3) is 4.22. The van der Waals surface area contributed by atoms with Crippen LogP contribution in [-0.4, -0.2) is 64.6 Å². The number of aliphatic hydroxyl groups excluding tert-OH is 3. The lowest BCUT2D eigenvalue weighted by molar-refractivity contribution is -0.129. The second kappa shape index (κ2) is 6.64. The summed E-state index contributed by atoms with van der Waals surface area (Å²) in [5.74, 6) is -1.24. The number of hydrogen-bond donors (Lipinski definition) is 6. The quantitative estimate of drug-likeness (QED) is 0.291. The van der Waals surface area contributed by atoms with Crippen molar-refractivity contribution in [1.29, 1.82) is 0 Å². The molecule has 0 saturated carbocycles. The van der Waals surface area contributed by atoms with Gasteiger partial charge in [0.05, 0.1) is 24.9 Å². The summed E-state index contributed by atoms with van der Waals surface area (Å²) in [6, 6.07) is -1.62. The Balaban J connectivity index is 2.50. The van der Waals surface area contributed by atoms with Gasteiger partial charge in [-0.2, -0.15) is 0 Å². The fraction of sp³-hybridized carbons (Fsp3) is 0.800. The number of β-amino-alcohol motifs (C(OH)–C–C–N with tert-alkyl or cyclic N) is 1. The number of hydrogen-bond acceptors (Lipinski definition) is 6. The molecule has 3 unspecified atom stereocenters. The molecule has 0 aromatic heterocycles. The number of primary amides is 1. The van der Waals surface area contributed by atoms with E-state index in [-0.39, 0.29) is 12.8 Å². The van der Waals surface area contributed by atoms with Crippen LogP contribution in [0, 0.1) is 0 Å². The molecule has 8 heteroatoms. The summed E-state index contributed by atoms with van der Waals surface area (Å²) in [7, 11) is 0. The van der Waals surface area contributed by atoms with E-state index in [1.807, 2.05) is 0 Å². The molecule has 1 rings (SSSR count). The van der Waals surface area contributed by atoms with Gasteiger partial charge in [-0.25, -0.2) is 0 Å². The Labute approximate surface area is 104 Å². The molecule has 1 fully saturated rings. The monoisotopic (exact) mass is 261 g/mol. The lowest BCUT2D eigenvalue weighted by Gasteiger charge is -2.20. The van der Waals surface area contributed by atoms with E-state index in [1.54, 1.807) is 0 Å². The van der Waals surface area contributed by atoms with Gasteiger partial charge in [-0.05, 0) is 6.42 Å². The maximum absolute atomic E-state index is 11.7.